The van der Waals surface area contributed by atoms with Crippen molar-refractivity contribution in [3.63, 3.8) is 0 Å². The number of nitrogens with zero attached hydrogens (tertiary/aromatic N) is 2. The first kappa shape index (κ1) is 16.2. The summed E-state index contributed by atoms with van der Waals surface area (Å²) < 4.78 is 2.26. The highest BCUT2D eigenvalue weighted by Crippen LogP contribution is 2.41. The lowest BCUT2D eigenvalue weighted by atomic mass is 10.1. The molecule has 0 bridgehead atoms. The van der Waals surface area contributed by atoms with Gasteiger partial charge in [0.25, 0.3) is 0 Å². The van der Waals surface area contributed by atoms with E-state index in [0.717, 1.165) is 41.6 Å². The summed E-state index contributed by atoms with van der Waals surface area (Å²) in [6, 6.07) is 19.9. The molecular formula is C20H10Cl2N2S2. The fourth-order valence-corrected chi connectivity index (χ4v) is 5.46. The van der Waals surface area contributed by atoms with Gasteiger partial charge >= 0.3 is 0 Å². The van der Waals surface area contributed by atoms with Gasteiger partial charge in [0.05, 0.1) is 30.5 Å². The Morgan fingerprint density at radius 1 is 0.615 bits per heavy atom. The van der Waals surface area contributed by atoms with Gasteiger partial charge in [0.15, 0.2) is 0 Å². The van der Waals surface area contributed by atoms with E-state index in [2.05, 4.69) is 22.1 Å². The second kappa shape index (κ2) is 6.32. The summed E-state index contributed by atoms with van der Waals surface area (Å²) in [5.74, 6) is 0. The van der Waals surface area contributed by atoms with Crippen LogP contribution in [0.5, 0.6) is 0 Å². The van der Waals surface area contributed by atoms with Crippen LogP contribution >= 0.6 is 45.9 Å². The fourth-order valence-electron chi connectivity index (χ4n) is 2.85. The number of rotatable bonds is 2. The van der Waals surface area contributed by atoms with Gasteiger partial charge in [-0.05, 0) is 36.4 Å². The van der Waals surface area contributed by atoms with Gasteiger partial charge in [-0.1, -0.05) is 47.5 Å². The molecule has 0 atom stereocenters. The smallest absolute Gasteiger partial charge is 0.126 e. The van der Waals surface area contributed by atoms with E-state index < -0.39 is 0 Å². The van der Waals surface area contributed by atoms with Crippen molar-refractivity contribution >= 4 is 66.3 Å². The summed E-state index contributed by atoms with van der Waals surface area (Å²) in [5, 5.41) is 2.99. The number of benzene rings is 3. The Balaban J connectivity index is 1.64. The van der Waals surface area contributed by atoms with Crippen LogP contribution in [0, 0.1) is 0 Å². The second-order valence-corrected chi connectivity index (χ2v) is 8.66. The molecule has 126 valence electrons. The number of hydrogen-bond donors (Lipinski definition) is 0. The van der Waals surface area contributed by atoms with E-state index in [9.17, 15) is 0 Å². The molecule has 5 aromatic rings. The third kappa shape index (κ3) is 2.70. The van der Waals surface area contributed by atoms with Crippen LogP contribution in [0.3, 0.4) is 0 Å². The van der Waals surface area contributed by atoms with Crippen molar-refractivity contribution in [2.75, 3.05) is 0 Å². The van der Waals surface area contributed by atoms with Crippen LogP contribution in [0.15, 0.2) is 60.7 Å². The van der Waals surface area contributed by atoms with E-state index in [-0.39, 0.29) is 0 Å². The highest BCUT2D eigenvalue weighted by Gasteiger charge is 2.16. The maximum absolute atomic E-state index is 6.60. The second-order valence-electron chi connectivity index (χ2n) is 5.79. The normalized spacial score (nSPS) is 11.5. The summed E-state index contributed by atoms with van der Waals surface area (Å²) in [7, 11) is 0. The maximum atomic E-state index is 6.60. The Labute approximate surface area is 167 Å². The molecule has 0 aliphatic rings. The lowest BCUT2D eigenvalue weighted by Gasteiger charge is -2.06. The van der Waals surface area contributed by atoms with Gasteiger partial charge in [-0.15, -0.1) is 22.7 Å². The molecule has 0 saturated carbocycles. The zero-order chi connectivity index (χ0) is 17.7. The maximum Gasteiger partial charge on any atom is 0.126 e. The van der Waals surface area contributed by atoms with E-state index in [1.165, 1.54) is 0 Å². The Kier molecular flexibility index (Phi) is 3.94. The molecule has 3 aromatic carbocycles. The van der Waals surface area contributed by atoms with E-state index in [4.69, 9.17) is 23.2 Å². The van der Waals surface area contributed by atoms with Gasteiger partial charge in [-0.3, -0.25) is 0 Å². The van der Waals surface area contributed by atoms with Gasteiger partial charge in [0, 0.05) is 11.1 Å². The number of halogens is 2. The lowest BCUT2D eigenvalue weighted by Crippen LogP contribution is -1.84. The zero-order valence-electron chi connectivity index (χ0n) is 13.2. The SMILES string of the molecule is Clc1cc(-c2nc3ccccc3s2)c(Cl)cc1-c1nc2ccccc2s1. The minimum atomic E-state index is 0.628. The lowest BCUT2D eigenvalue weighted by molar-refractivity contribution is 1.46. The first-order valence-electron chi connectivity index (χ1n) is 7.90. The number of hydrogen-bond acceptors (Lipinski definition) is 4. The van der Waals surface area contributed by atoms with Gasteiger partial charge in [-0.25, -0.2) is 9.97 Å². The molecule has 0 unspecified atom stereocenters. The predicted molar refractivity (Wildman–Crippen MR) is 114 cm³/mol. The predicted octanol–water partition coefficient (Wildman–Crippen LogP) is 7.55. The fraction of sp³-hybridized carbons (Fsp3) is 0. The number of para-hydroxylation sites is 2. The van der Waals surface area contributed by atoms with Gasteiger partial charge in [0.2, 0.25) is 0 Å². The first-order chi connectivity index (χ1) is 12.7. The van der Waals surface area contributed by atoms with Crippen LogP contribution < -0.4 is 0 Å². The molecule has 6 heteroatoms. The topological polar surface area (TPSA) is 25.8 Å². The van der Waals surface area contributed by atoms with Crippen LogP contribution in [-0.4, -0.2) is 9.97 Å². The largest absolute Gasteiger partial charge is 0.236 e. The minimum absolute atomic E-state index is 0.628. The number of fused-ring (bicyclic) bond motifs is 2. The van der Waals surface area contributed by atoms with E-state index in [0.29, 0.717) is 10.0 Å². The number of thiazole rings is 2. The van der Waals surface area contributed by atoms with Crippen molar-refractivity contribution in [1.29, 1.82) is 0 Å². The van der Waals surface area contributed by atoms with Crippen LogP contribution in [0.25, 0.3) is 41.6 Å². The third-order valence-corrected chi connectivity index (χ3v) is 6.87. The van der Waals surface area contributed by atoms with Crippen LogP contribution in [-0.2, 0) is 0 Å². The molecule has 0 aliphatic heterocycles. The van der Waals surface area contributed by atoms with Crippen LogP contribution in [0.1, 0.15) is 0 Å². The highest BCUT2D eigenvalue weighted by molar-refractivity contribution is 7.22. The van der Waals surface area contributed by atoms with Crippen molar-refractivity contribution in [1.82, 2.24) is 9.97 Å². The molecule has 5 rings (SSSR count). The standard InChI is InChI=1S/C20H10Cl2N2S2/c21-13-10-12(20-24-16-6-2-4-8-18(16)26-20)14(22)9-11(13)19-23-15-5-1-3-7-17(15)25-19/h1-10H. The first-order valence-corrected chi connectivity index (χ1v) is 10.3. The molecule has 0 aliphatic carbocycles. The van der Waals surface area contributed by atoms with Crippen LogP contribution in [0.2, 0.25) is 10.0 Å². The Morgan fingerprint density at radius 2 is 1.04 bits per heavy atom. The molecule has 2 heterocycles. The Bertz CT molecular complexity index is 1110. The van der Waals surface area contributed by atoms with Gasteiger partial charge in [0.1, 0.15) is 10.0 Å². The highest BCUT2D eigenvalue weighted by atomic mass is 35.5. The van der Waals surface area contributed by atoms with E-state index in [1.54, 1.807) is 22.7 Å². The summed E-state index contributed by atoms with van der Waals surface area (Å²) in [6.07, 6.45) is 0. The quantitative estimate of drug-likeness (QED) is 0.299. The summed E-state index contributed by atoms with van der Waals surface area (Å²) >= 11 is 16.4. The molecule has 0 N–H and O–H groups in total. The monoisotopic (exact) mass is 412 g/mol. The Morgan fingerprint density at radius 3 is 1.46 bits per heavy atom. The van der Waals surface area contributed by atoms with Crippen molar-refractivity contribution < 1.29 is 0 Å². The molecule has 2 nitrogen and oxygen atoms in total. The van der Waals surface area contributed by atoms with Crippen molar-refractivity contribution in [3.05, 3.63) is 70.7 Å². The summed E-state index contributed by atoms with van der Waals surface area (Å²) in [6.45, 7) is 0. The molecule has 0 amide bonds. The van der Waals surface area contributed by atoms with E-state index in [1.807, 2.05) is 48.5 Å². The van der Waals surface area contributed by atoms with Gasteiger partial charge < -0.3 is 0 Å². The Hall–Kier alpha value is -1.98. The van der Waals surface area contributed by atoms with E-state index >= 15 is 0 Å². The van der Waals surface area contributed by atoms with Crippen molar-refractivity contribution in [3.8, 4) is 21.1 Å². The molecule has 0 fully saturated rings. The van der Waals surface area contributed by atoms with Crippen LogP contribution in [0.4, 0.5) is 0 Å². The average molecular weight is 413 g/mol. The average Bonchev–Trinajstić information content (AvgIpc) is 3.26. The zero-order valence-corrected chi connectivity index (χ0v) is 16.4. The van der Waals surface area contributed by atoms with Crippen molar-refractivity contribution in [2.45, 2.75) is 0 Å². The molecule has 0 saturated heterocycles. The number of aromatic nitrogens is 2. The molecule has 2 aromatic heterocycles. The minimum Gasteiger partial charge on any atom is -0.236 e. The van der Waals surface area contributed by atoms with Gasteiger partial charge in [-0.2, -0.15) is 0 Å². The molecular weight excluding hydrogens is 403 g/mol. The molecule has 0 radical (unpaired) electrons. The molecule has 26 heavy (non-hydrogen) atoms. The third-order valence-electron chi connectivity index (χ3n) is 4.11. The molecule has 0 spiro atoms. The van der Waals surface area contributed by atoms with Crippen molar-refractivity contribution in [2.24, 2.45) is 0 Å². The summed E-state index contributed by atoms with van der Waals surface area (Å²) in [4.78, 5) is 9.37. The summed E-state index contributed by atoms with van der Waals surface area (Å²) in [5.41, 5.74) is 3.63.